The summed E-state index contributed by atoms with van der Waals surface area (Å²) in [7, 11) is 1.15. The van der Waals surface area contributed by atoms with Crippen LogP contribution in [0.25, 0.3) is 0 Å². The minimum Gasteiger partial charge on any atom is -0.756 e. The lowest BCUT2D eigenvalue weighted by Crippen LogP contribution is -2.37. The van der Waals surface area contributed by atoms with Gasteiger partial charge >= 0.3 is 11.9 Å². The van der Waals surface area contributed by atoms with Crippen LogP contribution in [0.2, 0.25) is 0 Å². The molecule has 9 nitrogen and oxygen atoms in total. The number of unbranched alkanes of at least 4 members (excludes halogenated alkanes) is 35. The fourth-order valence-corrected chi connectivity index (χ4v) is 10.9. The molecule has 0 amide bonds. The molecule has 0 aliphatic heterocycles. The van der Waals surface area contributed by atoms with E-state index in [4.69, 9.17) is 18.5 Å². The van der Waals surface area contributed by atoms with E-state index in [9.17, 15) is 19.0 Å². The average Bonchev–Trinajstić information content (AvgIpc) is 3.68. The van der Waals surface area contributed by atoms with Crippen LogP contribution in [0, 0.1) is 0 Å². The lowest BCUT2D eigenvalue weighted by atomic mass is 10.0. The molecule has 0 aromatic rings. The summed E-state index contributed by atoms with van der Waals surface area (Å²) in [6.07, 6.45) is 96.1. The van der Waals surface area contributed by atoms with Crippen LogP contribution in [0.4, 0.5) is 0 Å². The molecule has 10 heteroatoms. The zero-order chi connectivity index (χ0) is 64.1. The maximum atomic E-state index is 12.9. The van der Waals surface area contributed by atoms with Gasteiger partial charge in [0.1, 0.15) is 19.8 Å². The van der Waals surface area contributed by atoms with Crippen LogP contribution in [0.15, 0.2) is 109 Å². The predicted octanol–water partition coefficient (Wildman–Crippen LogP) is 23.4. The molecule has 88 heavy (non-hydrogen) atoms. The highest BCUT2D eigenvalue weighted by Crippen LogP contribution is 2.38. The number of hydrogen-bond donors (Lipinski definition) is 0. The monoisotopic (exact) mass is 1250 g/mol. The number of phosphoric acid groups is 1. The zero-order valence-corrected chi connectivity index (χ0v) is 58.8. The van der Waals surface area contributed by atoms with Crippen LogP contribution < -0.4 is 4.89 Å². The molecule has 0 radical (unpaired) electrons. The molecule has 2 atom stereocenters. The number of nitrogens with zero attached hydrogens (tertiary/aromatic N) is 1. The second-order valence-corrected chi connectivity index (χ2v) is 27.0. The number of likely N-dealkylation sites (N-methyl/N-ethyl adjacent to an activating group) is 1. The Morgan fingerprint density at radius 3 is 0.977 bits per heavy atom. The first-order valence-electron chi connectivity index (χ1n) is 36.6. The molecule has 0 rings (SSSR count). The minimum absolute atomic E-state index is 0.0380. The number of esters is 2. The number of phosphoric ester groups is 1. The van der Waals surface area contributed by atoms with Gasteiger partial charge < -0.3 is 27.9 Å². The van der Waals surface area contributed by atoms with Gasteiger partial charge in [-0.15, -0.1) is 0 Å². The van der Waals surface area contributed by atoms with Crippen molar-refractivity contribution in [3.63, 3.8) is 0 Å². The van der Waals surface area contributed by atoms with Gasteiger partial charge in [0.25, 0.3) is 7.82 Å². The van der Waals surface area contributed by atoms with Crippen molar-refractivity contribution in [1.29, 1.82) is 0 Å². The fourth-order valence-electron chi connectivity index (χ4n) is 10.2. The van der Waals surface area contributed by atoms with Crippen molar-refractivity contribution in [2.24, 2.45) is 0 Å². The molecule has 2 unspecified atom stereocenters. The van der Waals surface area contributed by atoms with Crippen LogP contribution in [-0.4, -0.2) is 70.0 Å². The first kappa shape index (κ1) is 84.7. The lowest BCUT2D eigenvalue weighted by molar-refractivity contribution is -0.870. The highest BCUT2D eigenvalue weighted by Gasteiger charge is 2.22. The summed E-state index contributed by atoms with van der Waals surface area (Å²) in [5.74, 6) is -0.845. The number of carbonyl (C=O) groups is 2. The van der Waals surface area contributed by atoms with Crippen molar-refractivity contribution in [1.82, 2.24) is 0 Å². The van der Waals surface area contributed by atoms with Gasteiger partial charge in [0.2, 0.25) is 0 Å². The molecule has 0 bridgehead atoms. The van der Waals surface area contributed by atoms with Crippen molar-refractivity contribution in [2.75, 3.05) is 47.5 Å². The van der Waals surface area contributed by atoms with Crippen molar-refractivity contribution in [3.8, 4) is 0 Å². The predicted molar refractivity (Wildman–Crippen MR) is 378 cm³/mol. The summed E-state index contributed by atoms with van der Waals surface area (Å²) in [5.41, 5.74) is 0. The van der Waals surface area contributed by atoms with E-state index in [1.54, 1.807) is 0 Å². The van der Waals surface area contributed by atoms with Crippen molar-refractivity contribution < 1.29 is 42.1 Å². The minimum atomic E-state index is -4.65. The van der Waals surface area contributed by atoms with Gasteiger partial charge in [0.15, 0.2) is 6.10 Å². The van der Waals surface area contributed by atoms with Crippen molar-refractivity contribution in [3.05, 3.63) is 109 Å². The smallest absolute Gasteiger partial charge is 0.306 e. The van der Waals surface area contributed by atoms with E-state index < -0.39 is 26.5 Å². The third-order valence-corrected chi connectivity index (χ3v) is 16.7. The topological polar surface area (TPSA) is 111 Å². The van der Waals surface area contributed by atoms with E-state index in [0.717, 1.165) is 109 Å². The Kier molecular flexibility index (Phi) is 65.5. The second-order valence-electron chi connectivity index (χ2n) is 25.6. The third kappa shape index (κ3) is 71.7. The molecule has 0 N–H and O–H groups in total. The molecule has 0 saturated heterocycles. The zero-order valence-electron chi connectivity index (χ0n) is 57.9. The number of carbonyl (C=O) groups excluding carboxylic acids is 2. The molecule has 0 aliphatic carbocycles. The van der Waals surface area contributed by atoms with E-state index in [0.29, 0.717) is 17.4 Å². The number of rotatable bonds is 67. The van der Waals surface area contributed by atoms with Crippen LogP contribution in [-0.2, 0) is 32.7 Å². The summed E-state index contributed by atoms with van der Waals surface area (Å²) < 4.78 is 34.3. The molecule has 0 heterocycles. The average molecular weight is 1250 g/mol. The van der Waals surface area contributed by atoms with E-state index >= 15 is 0 Å². The van der Waals surface area contributed by atoms with E-state index in [2.05, 4.69) is 123 Å². The van der Waals surface area contributed by atoms with E-state index in [1.165, 1.54) is 180 Å². The summed E-state index contributed by atoms with van der Waals surface area (Å²) >= 11 is 0. The molecule has 0 saturated carbocycles. The molecular weight excluding hydrogens is 1110 g/mol. The first-order valence-corrected chi connectivity index (χ1v) is 38.1. The normalized spacial score (nSPS) is 13.8. The number of hydrogen-bond acceptors (Lipinski definition) is 8. The summed E-state index contributed by atoms with van der Waals surface area (Å²) in [6, 6.07) is 0. The highest BCUT2D eigenvalue weighted by molar-refractivity contribution is 7.45. The third-order valence-electron chi connectivity index (χ3n) is 15.8. The Morgan fingerprint density at radius 1 is 0.364 bits per heavy atom. The molecular formula is C78H138NO8P. The van der Waals surface area contributed by atoms with Gasteiger partial charge in [-0.25, -0.2) is 0 Å². The van der Waals surface area contributed by atoms with Crippen molar-refractivity contribution >= 4 is 19.8 Å². The summed E-state index contributed by atoms with van der Waals surface area (Å²) in [5, 5.41) is 0. The maximum Gasteiger partial charge on any atom is 0.306 e. The molecule has 508 valence electrons. The standard InChI is InChI=1S/C78H138NO8P/c1-6-8-10-12-14-16-18-20-22-24-26-28-30-32-34-36-38-39-41-42-44-46-48-50-52-54-56-58-60-62-64-66-68-70-77(80)84-74-76(75-86-88(82,83)85-73-72-79(3,4)5)87-78(81)71-69-67-65-63-61-59-57-55-53-51-49-47-45-43-40-37-35-33-31-29-27-25-23-21-19-17-15-13-11-9-7-2/h9,11,15,17,21,23-24,26-27,29,33,35,40,43,47,49,53,55,76H,6-8,10,12-14,16,18-20,22,25,28,30-32,34,36-39,41-42,44-46,48,50-52,54,56-75H2,1-5H3/b11-9-,17-15-,23-21-,26-24-,29-27-,35-33-,43-40-,49-47-,55-53-. The van der Waals surface area contributed by atoms with Crippen molar-refractivity contribution in [2.45, 2.75) is 328 Å². The van der Waals surface area contributed by atoms with Gasteiger partial charge in [0.05, 0.1) is 27.7 Å². The maximum absolute atomic E-state index is 12.9. The summed E-state index contributed by atoms with van der Waals surface area (Å²) in [4.78, 5) is 38.1. The first-order chi connectivity index (χ1) is 43.0. The number of ether oxygens (including phenoxy) is 2. The largest absolute Gasteiger partial charge is 0.756 e. The number of quaternary nitrogens is 1. The highest BCUT2D eigenvalue weighted by atomic mass is 31.2. The van der Waals surface area contributed by atoms with Gasteiger partial charge in [-0.1, -0.05) is 316 Å². The Hall–Kier alpha value is -3.33. The Morgan fingerprint density at radius 2 is 0.648 bits per heavy atom. The Balaban J connectivity index is 4.06. The fraction of sp³-hybridized carbons (Fsp3) is 0.744. The van der Waals surface area contributed by atoms with Gasteiger partial charge in [-0.05, 0) is 103 Å². The Labute approximate surface area is 544 Å². The van der Waals surface area contributed by atoms with Crippen LogP contribution in [0.5, 0.6) is 0 Å². The van der Waals surface area contributed by atoms with Crippen LogP contribution in [0.3, 0.4) is 0 Å². The molecule has 0 spiro atoms. The second kappa shape index (κ2) is 68.0. The summed E-state index contributed by atoms with van der Waals surface area (Å²) in [6.45, 7) is 4.14. The van der Waals surface area contributed by atoms with Crippen LogP contribution in [0.1, 0.15) is 322 Å². The lowest BCUT2D eigenvalue weighted by Gasteiger charge is -2.28. The molecule has 0 aromatic carbocycles. The van der Waals surface area contributed by atoms with Gasteiger partial charge in [-0.2, -0.15) is 0 Å². The quantitative estimate of drug-likeness (QED) is 0.0195. The van der Waals surface area contributed by atoms with Crippen LogP contribution >= 0.6 is 7.82 Å². The van der Waals surface area contributed by atoms with E-state index in [-0.39, 0.29) is 32.0 Å². The van der Waals surface area contributed by atoms with Gasteiger partial charge in [0, 0.05) is 12.8 Å². The SMILES string of the molecule is CC/C=C\C/C=C\C/C=C\C/C=C\C/C=C\C/C=C\C/C=C\C/C=C\CCCCCCCCC(=O)OC(COC(=O)CCCCCCCCCCCCCCCCCCCCCCC/C=C\CCCCCCCCCC)COP(=O)([O-])OCC[N+](C)(C)C. The molecule has 0 aliphatic rings. The Bertz CT molecular complexity index is 1850. The van der Waals surface area contributed by atoms with Gasteiger partial charge in [-0.3, -0.25) is 14.2 Å². The van der Waals surface area contributed by atoms with E-state index in [1.807, 2.05) is 21.1 Å². The molecule has 0 fully saturated rings. The number of allylic oxidation sites excluding steroid dienone is 18. The molecule has 0 aromatic heterocycles.